The lowest BCUT2D eigenvalue weighted by Gasteiger charge is -2.32. The normalized spacial score (nSPS) is 15.2. The SMILES string of the molecule is Cc1nnc(-c2cc(Cl)ccc2NS(=O)(=O)c2ccc(C(C)(C)C)cc2)n1C1CCN(C(N)=O)CC1. The van der Waals surface area contributed by atoms with Crippen molar-refractivity contribution < 1.29 is 13.2 Å². The van der Waals surface area contributed by atoms with Crippen LogP contribution in [0, 0.1) is 6.92 Å². The highest BCUT2D eigenvalue weighted by Crippen LogP contribution is 2.35. The Morgan fingerprint density at radius 3 is 2.31 bits per heavy atom. The molecule has 3 aromatic rings. The van der Waals surface area contributed by atoms with E-state index in [9.17, 15) is 13.2 Å². The number of nitrogens with zero attached hydrogens (tertiary/aromatic N) is 4. The molecule has 9 nitrogen and oxygen atoms in total. The van der Waals surface area contributed by atoms with E-state index in [1.165, 1.54) is 0 Å². The van der Waals surface area contributed by atoms with Gasteiger partial charge in [0, 0.05) is 29.7 Å². The molecule has 0 unspecified atom stereocenters. The summed E-state index contributed by atoms with van der Waals surface area (Å²) in [5.74, 6) is 1.20. The van der Waals surface area contributed by atoms with E-state index in [0.717, 1.165) is 5.56 Å². The second-order valence-electron chi connectivity index (χ2n) is 10.1. The largest absolute Gasteiger partial charge is 0.351 e. The Morgan fingerprint density at radius 1 is 1.08 bits per heavy atom. The number of rotatable bonds is 5. The van der Waals surface area contributed by atoms with Crippen LogP contribution in [0.15, 0.2) is 47.4 Å². The third-order valence-electron chi connectivity index (χ3n) is 6.51. The van der Waals surface area contributed by atoms with Crippen LogP contribution in [0.1, 0.15) is 51.0 Å². The molecule has 2 aromatic carbocycles. The molecule has 2 amide bonds. The van der Waals surface area contributed by atoms with Crippen molar-refractivity contribution in [3.8, 4) is 11.4 Å². The topological polar surface area (TPSA) is 123 Å². The average molecular weight is 531 g/mol. The number of halogens is 1. The molecule has 1 saturated heterocycles. The number of benzene rings is 2. The number of nitrogens with two attached hydrogens (primary N) is 1. The van der Waals surface area contributed by atoms with Crippen molar-refractivity contribution in [1.82, 2.24) is 19.7 Å². The van der Waals surface area contributed by atoms with E-state index in [2.05, 4.69) is 35.7 Å². The van der Waals surface area contributed by atoms with Crippen molar-refractivity contribution in [2.45, 2.75) is 56.9 Å². The molecule has 0 aliphatic carbocycles. The fourth-order valence-electron chi connectivity index (χ4n) is 4.46. The first-order chi connectivity index (χ1) is 16.9. The Kier molecular flexibility index (Phi) is 7.03. The van der Waals surface area contributed by atoms with E-state index in [4.69, 9.17) is 17.3 Å². The molecule has 0 bridgehead atoms. The quantitative estimate of drug-likeness (QED) is 0.494. The zero-order valence-electron chi connectivity index (χ0n) is 20.8. The van der Waals surface area contributed by atoms with E-state index in [-0.39, 0.29) is 16.4 Å². The van der Waals surface area contributed by atoms with Gasteiger partial charge in [-0.3, -0.25) is 4.72 Å². The Hall–Kier alpha value is -3.11. The number of piperidine rings is 1. The summed E-state index contributed by atoms with van der Waals surface area (Å²) >= 11 is 6.32. The number of amides is 2. The van der Waals surface area contributed by atoms with Gasteiger partial charge in [-0.25, -0.2) is 13.2 Å². The third kappa shape index (κ3) is 5.34. The van der Waals surface area contributed by atoms with Crippen LogP contribution in [0.5, 0.6) is 0 Å². The lowest BCUT2D eigenvalue weighted by Crippen LogP contribution is -2.42. The van der Waals surface area contributed by atoms with Gasteiger partial charge in [-0.05, 0) is 61.1 Å². The highest BCUT2D eigenvalue weighted by Gasteiger charge is 2.28. The lowest BCUT2D eigenvalue weighted by molar-refractivity contribution is 0.180. The molecule has 0 atom stereocenters. The maximum atomic E-state index is 13.3. The smallest absolute Gasteiger partial charge is 0.314 e. The first-order valence-corrected chi connectivity index (χ1v) is 13.6. The maximum absolute atomic E-state index is 13.3. The fourth-order valence-corrected chi connectivity index (χ4v) is 5.71. The van der Waals surface area contributed by atoms with Crippen molar-refractivity contribution in [3.05, 3.63) is 58.9 Å². The number of primary amides is 1. The number of carbonyl (C=O) groups excluding carboxylic acids is 1. The minimum absolute atomic E-state index is 0.0268. The summed E-state index contributed by atoms with van der Waals surface area (Å²) in [5.41, 5.74) is 7.26. The number of hydrogen-bond donors (Lipinski definition) is 2. The summed E-state index contributed by atoms with van der Waals surface area (Å²) in [6.07, 6.45) is 1.35. The fraction of sp³-hybridized carbons (Fsp3) is 0.400. The number of likely N-dealkylation sites (tertiary alicyclic amines) is 1. The Bertz CT molecular complexity index is 1370. The molecule has 2 heterocycles. The zero-order chi connectivity index (χ0) is 26.3. The van der Waals surface area contributed by atoms with Gasteiger partial charge in [-0.1, -0.05) is 44.5 Å². The Balaban J connectivity index is 1.68. The molecule has 11 heteroatoms. The molecule has 1 aromatic heterocycles. The van der Waals surface area contributed by atoms with E-state index >= 15 is 0 Å². The van der Waals surface area contributed by atoms with Gasteiger partial charge in [-0.2, -0.15) is 0 Å². The molecule has 1 aliphatic rings. The summed E-state index contributed by atoms with van der Waals surface area (Å²) in [6, 6.07) is 11.4. The molecule has 1 aliphatic heterocycles. The molecular weight excluding hydrogens is 500 g/mol. The second-order valence-corrected chi connectivity index (χ2v) is 12.2. The number of carbonyl (C=O) groups is 1. The molecule has 0 radical (unpaired) electrons. The van der Waals surface area contributed by atoms with Crippen molar-refractivity contribution in [2.75, 3.05) is 17.8 Å². The third-order valence-corrected chi connectivity index (χ3v) is 8.12. The molecule has 192 valence electrons. The monoisotopic (exact) mass is 530 g/mol. The zero-order valence-corrected chi connectivity index (χ0v) is 22.4. The predicted octanol–water partition coefficient (Wildman–Crippen LogP) is 4.72. The van der Waals surface area contributed by atoms with Crippen LogP contribution in [0.3, 0.4) is 0 Å². The standard InChI is InChI=1S/C25H31ClN6O3S/c1-16-28-29-23(32(16)19-11-13-31(14-12-19)24(27)33)21-15-18(26)7-10-22(21)30-36(34,35)20-8-5-17(6-9-20)25(2,3)4/h5-10,15,19,30H,11-14H2,1-4H3,(H2,27,33). The summed E-state index contributed by atoms with van der Waals surface area (Å²) < 4.78 is 31.3. The average Bonchev–Trinajstić information content (AvgIpc) is 3.20. The van der Waals surface area contributed by atoms with Crippen LogP contribution in [-0.2, 0) is 15.4 Å². The van der Waals surface area contributed by atoms with Gasteiger partial charge in [0.05, 0.1) is 10.6 Å². The Morgan fingerprint density at radius 2 is 1.72 bits per heavy atom. The van der Waals surface area contributed by atoms with E-state index < -0.39 is 16.1 Å². The number of aryl methyl sites for hydroxylation is 1. The minimum Gasteiger partial charge on any atom is -0.351 e. The summed E-state index contributed by atoms with van der Waals surface area (Å²) in [6.45, 7) is 9.12. The predicted molar refractivity (Wildman–Crippen MR) is 141 cm³/mol. The maximum Gasteiger partial charge on any atom is 0.314 e. The van der Waals surface area contributed by atoms with E-state index in [1.807, 2.05) is 23.6 Å². The van der Waals surface area contributed by atoms with Gasteiger partial charge < -0.3 is 15.2 Å². The second kappa shape index (κ2) is 9.74. The summed E-state index contributed by atoms with van der Waals surface area (Å²) in [5, 5.41) is 9.08. The molecule has 0 saturated carbocycles. The number of nitrogens with one attached hydrogen (secondary N) is 1. The highest BCUT2D eigenvalue weighted by atomic mass is 35.5. The van der Waals surface area contributed by atoms with Gasteiger partial charge in [0.1, 0.15) is 5.82 Å². The van der Waals surface area contributed by atoms with Gasteiger partial charge in [-0.15, -0.1) is 10.2 Å². The molecule has 1 fully saturated rings. The number of aromatic nitrogens is 3. The van der Waals surface area contributed by atoms with Crippen LogP contribution in [-0.4, -0.2) is 47.2 Å². The highest BCUT2D eigenvalue weighted by molar-refractivity contribution is 7.92. The number of urea groups is 1. The minimum atomic E-state index is -3.88. The van der Waals surface area contributed by atoms with Crippen molar-refractivity contribution in [1.29, 1.82) is 0 Å². The number of anilines is 1. The first kappa shape index (κ1) is 26.0. The molecule has 3 N–H and O–H groups in total. The molecular formula is C25H31ClN6O3S. The van der Waals surface area contributed by atoms with E-state index in [0.29, 0.717) is 53.9 Å². The summed E-state index contributed by atoms with van der Waals surface area (Å²) in [4.78, 5) is 13.3. The van der Waals surface area contributed by atoms with Crippen LogP contribution >= 0.6 is 11.6 Å². The van der Waals surface area contributed by atoms with Gasteiger partial charge in [0.15, 0.2) is 5.82 Å². The molecule has 36 heavy (non-hydrogen) atoms. The molecule has 0 spiro atoms. The summed E-state index contributed by atoms with van der Waals surface area (Å²) in [7, 11) is -3.88. The Labute approximate surface area is 216 Å². The molecule has 4 rings (SSSR count). The van der Waals surface area contributed by atoms with Crippen LogP contribution in [0.25, 0.3) is 11.4 Å². The number of hydrogen-bond acceptors (Lipinski definition) is 5. The van der Waals surface area contributed by atoms with Crippen molar-refractivity contribution in [3.63, 3.8) is 0 Å². The van der Waals surface area contributed by atoms with Crippen molar-refractivity contribution >= 4 is 33.3 Å². The van der Waals surface area contributed by atoms with Gasteiger partial charge in [0.25, 0.3) is 10.0 Å². The van der Waals surface area contributed by atoms with Gasteiger partial charge in [0.2, 0.25) is 0 Å². The van der Waals surface area contributed by atoms with Crippen molar-refractivity contribution in [2.24, 2.45) is 5.73 Å². The van der Waals surface area contributed by atoms with Crippen LogP contribution in [0.2, 0.25) is 5.02 Å². The number of sulfonamides is 1. The van der Waals surface area contributed by atoms with Crippen LogP contribution < -0.4 is 10.5 Å². The lowest BCUT2D eigenvalue weighted by atomic mass is 9.87. The van der Waals surface area contributed by atoms with E-state index in [1.54, 1.807) is 35.2 Å². The van der Waals surface area contributed by atoms with Gasteiger partial charge >= 0.3 is 6.03 Å². The first-order valence-electron chi connectivity index (χ1n) is 11.8. The van der Waals surface area contributed by atoms with Crippen LogP contribution in [0.4, 0.5) is 10.5 Å².